The van der Waals surface area contributed by atoms with E-state index in [1.807, 2.05) is 0 Å². The fourth-order valence-corrected chi connectivity index (χ4v) is 1.84. The number of hydrogen-bond donors (Lipinski definition) is 3. The van der Waals surface area contributed by atoms with Crippen LogP contribution in [-0.4, -0.2) is 25.5 Å². The van der Waals surface area contributed by atoms with Crippen molar-refractivity contribution in [3.8, 4) is 5.75 Å². The number of methoxy groups -OCH3 is 1. The highest BCUT2D eigenvalue weighted by Crippen LogP contribution is 2.16. The Morgan fingerprint density at radius 3 is 2.45 bits per heavy atom. The summed E-state index contributed by atoms with van der Waals surface area (Å²) in [5.41, 5.74) is 6.97. The van der Waals surface area contributed by atoms with Gasteiger partial charge in [-0.15, -0.1) is 0 Å². The normalized spacial score (nSPS) is 9.86. The largest absolute Gasteiger partial charge is 0.497 e. The smallest absolute Gasteiger partial charge is 0.248 e. The first-order valence-corrected chi connectivity index (χ1v) is 6.66. The lowest BCUT2D eigenvalue weighted by atomic mass is 10.2. The number of ether oxygens (including phenoxy) is 1. The topological polar surface area (TPSA) is 93.4 Å². The molecule has 4 N–H and O–H groups in total. The van der Waals surface area contributed by atoms with Crippen molar-refractivity contribution in [2.45, 2.75) is 0 Å². The number of rotatable bonds is 6. The van der Waals surface area contributed by atoms with Gasteiger partial charge >= 0.3 is 0 Å². The molecule has 0 aliphatic rings. The van der Waals surface area contributed by atoms with E-state index in [0.29, 0.717) is 17.0 Å². The molecule has 0 saturated carbocycles. The van der Waals surface area contributed by atoms with Crippen molar-refractivity contribution in [1.82, 2.24) is 0 Å². The first kappa shape index (κ1) is 15.4. The van der Waals surface area contributed by atoms with E-state index in [-0.39, 0.29) is 12.5 Å². The Labute approximate surface area is 128 Å². The number of hydrogen-bond acceptors (Lipinski definition) is 4. The Balaban J connectivity index is 1.88. The van der Waals surface area contributed by atoms with Gasteiger partial charge in [0.1, 0.15) is 5.75 Å². The summed E-state index contributed by atoms with van der Waals surface area (Å²) in [6.07, 6.45) is 0. The molecule has 2 amide bonds. The van der Waals surface area contributed by atoms with Gasteiger partial charge in [-0.25, -0.2) is 0 Å². The second-order valence-corrected chi connectivity index (χ2v) is 4.58. The average Bonchev–Trinajstić information content (AvgIpc) is 2.53. The number of carbonyl (C=O) groups excluding carboxylic acids is 2. The molecule has 0 fully saturated rings. The lowest BCUT2D eigenvalue weighted by Crippen LogP contribution is -2.21. The minimum Gasteiger partial charge on any atom is -0.497 e. The molecular formula is C16H17N3O3. The number of primary amides is 1. The van der Waals surface area contributed by atoms with Crippen LogP contribution >= 0.6 is 0 Å². The van der Waals surface area contributed by atoms with Gasteiger partial charge in [-0.3, -0.25) is 9.59 Å². The molecule has 114 valence electrons. The summed E-state index contributed by atoms with van der Waals surface area (Å²) in [7, 11) is 1.57. The van der Waals surface area contributed by atoms with Gasteiger partial charge in [0.05, 0.1) is 13.7 Å². The monoisotopic (exact) mass is 299 g/mol. The van der Waals surface area contributed by atoms with Gasteiger partial charge in [-0.1, -0.05) is 6.07 Å². The zero-order valence-electron chi connectivity index (χ0n) is 12.1. The molecular weight excluding hydrogens is 282 g/mol. The van der Waals surface area contributed by atoms with E-state index in [0.717, 1.165) is 5.69 Å². The van der Waals surface area contributed by atoms with Gasteiger partial charge in [0.15, 0.2) is 0 Å². The predicted octanol–water partition coefficient (Wildman–Crippen LogP) is 1.84. The van der Waals surface area contributed by atoms with Gasteiger partial charge in [0.2, 0.25) is 11.8 Å². The summed E-state index contributed by atoms with van der Waals surface area (Å²) < 4.78 is 5.09. The second-order valence-electron chi connectivity index (χ2n) is 4.58. The van der Waals surface area contributed by atoms with Crippen LogP contribution in [0.3, 0.4) is 0 Å². The van der Waals surface area contributed by atoms with Crippen molar-refractivity contribution >= 4 is 23.2 Å². The fraction of sp³-hybridized carbons (Fsp3) is 0.125. The molecule has 0 saturated heterocycles. The van der Waals surface area contributed by atoms with Gasteiger partial charge < -0.3 is 21.1 Å². The number of nitrogens with two attached hydrogens (primary N) is 1. The molecule has 6 heteroatoms. The van der Waals surface area contributed by atoms with Gasteiger partial charge in [0.25, 0.3) is 0 Å². The summed E-state index contributed by atoms with van der Waals surface area (Å²) in [5, 5.41) is 5.72. The predicted molar refractivity (Wildman–Crippen MR) is 85.1 cm³/mol. The molecule has 22 heavy (non-hydrogen) atoms. The van der Waals surface area contributed by atoms with E-state index in [4.69, 9.17) is 10.5 Å². The van der Waals surface area contributed by atoms with Crippen LogP contribution < -0.4 is 21.1 Å². The third kappa shape index (κ3) is 4.24. The molecule has 0 aromatic heterocycles. The zero-order valence-corrected chi connectivity index (χ0v) is 12.1. The molecule has 0 aliphatic heterocycles. The van der Waals surface area contributed by atoms with E-state index in [1.54, 1.807) is 55.6 Å². The Morgan fingerprint density at radius 1 is 1.09 bits per heavy atom. The molecule has 0 unspecified atom stereocenters. The Morgan fingerprint density at radius 2 is 1.82 bits per heavy atom. The Hall–Kier alpha value is -3.02. The molecule has 0 heterocycles. The molecule has 2 rings (SSSR count). The average molecular weight is 299 g/mol. The maximum Gasteiger partial charge on any atom is 0.248 e. The SMILES string of the molecule is COc1cccc(NC(=O)CNc2ccc(C(N)=O)cc2)c1. The van der Waals surface area contributed by atoms with Crippen LogP contribution in [0.5, 0.6) is 5.75 Å². The van der Waals surface area contributed by atoms with Crippen molar-refractivity contribution < 1.29 is 14.3 Å². The van der Waals surface area contributed by atoms with Crippen molar-refractivity contribution in [1.29, 1.82) is 0 Å². The van der Waals surface area contributed by atoms with Crippen molar-refractivity contribution in [2.24, 2.45) is 5.73 Å². The van der Waals surface area contributed by atoms with E-state index >= 15 is 0 Å². The van der Waals surface area contributed by atoms with Crippen LogP contribution in [0.1, 0.15) is 10.4 Å². The van der Waals surface area contributed by atoms with Gasteiger partial charge in [-0.2, -0.15) is 0 Å². The van der Waals surface area contributed by atoms with Crippen LogP contribution in [0.15, 0.2) is 48.5 Å². The van der Waals surface area contributed by atoms with Crippen molar-refractivity contribution in [2.75, 3.05) is 24.3 Å². The zero-order chi connectivity index (χ0) is 15.9. The Kier molecular flexibility index (Phi) is 4.98. The molecule has 0 atom stereocenters. The van der Waals surface area contributed by atoms with E-state index in [1.165, 1.54) is 0 Å². The third-order valence-corrected chi connectivity index (χ3v) is 2.98. The van der Waals surface area contributed by atoms with Crippen LogP contribution in [0, 0.1) is 0 Å². The molecule has 0 spiro atoms. The van der Waals surface area contributed by atoms with Crippen molar-refractivity contribution in [3.63, 3.8) is 0 Å². The molecule has 2 aromatic carbocycles. The summed E-state index contributed by atoms with van der Waals surface area (Å²) in [6.45, 7) is 0.104. The summed E-state index contributed by atoms with van der Waals surface area (Å²) in [6, 6.07) is 13.7. The van der Waals surface area contributed by atoms with E-state index in [9.17, 15) is 9.59 Å². The quantitative estimate of drug-likeness (QED) is 0.758. The van der Waals surface area contributed by atoms with E-state index < -0.39 is 5.91 Å². The van der Waals surface area contributed by atoms with Crippen LogP contribution in [0.4, 0.5) is 11.4 Å². The highest BCUT2D eigenvalue weighted by Gasteiger charge is 2.04. The number of amides is 2. The van der Waals surface area contributed by atoms with Crippen LogP contribution in [0.25, 0.3) is 0 Å². The molecule has 0 bridgehead atoms. The molecule has 2 aromatic rings. The van der Waals surface area contributed by atoms with Crippen LogP contribution in [-0.2, 0) is 4.79 Å². The molecule has 6 nitrogen and oxygen atoms in total. The third-order valence-electron chi connectivity index (χ3n) is 2.98. The number of anilines is 2. The Bertz CT molecular complexity index is 669. The number of benzene rings is 2. The van der Waals surface area contributed by atoms with Crippen LogP contribution in [0.2, 0.25) is 0 Å². The first-order chi connectivity index (χ1) is 10.6. The highest BCUT2D eigenvalue weighted by atomic mass is 16.5. The second kappa shape index (κ2) is 7.12. The standard InChI is InChI=1S/C16H17N3O3/c1-22-14-4-2-3-13(9-14)19-15(20)10-18-12-7-5-11(6-8-12)16(17)21/h2-9,18H,10H2,1H3,(H2,17,21)(H,19,20). The summed E-state index contributed by atoms with van der Waals surface area (Å²) in [4.78, 5) is 22.8. The van der Waals surface area contributed by atoms with Gasteiger partial charge in [0, 0.05) is 23.0 Å². The summed E-state index contributed by atoms with van der Waals surface area (Å²) >= 11 is 0. The lowest BCUT2D eigenvalue weighted by molar-refractivity contribution is -0.114. The number of carbonyl (C=O) groups is 2. The maximum atomic E-state index is 11.9. The van der Waals surface area contributed by atoms with Gasteiger partial charge in [-0.05, 0) is 36.4 Å². The molecule has 0 radical (unpaired) electrons. The minimum atomic E-state index is -0.484. The first-order valence-electron chi connectivity index (χ1n) is 6.66. The fourth-order valence-electron chi connectivity index (χ4n) is 1.84. The maximum absolute atomic E-state index is 11.9. The molecule has 0 aliphatic carbocycles. The van der Waals surface area contributed by atoms with E-state index in [2.05, 4.69) is 10.6 Å². The lowest BCUT2D eigenvalue weighted by Gasteiger charge is -2.09. The highest BCUT2D eigenvalue weighted by molar-refractivity contribution is 5.94. The van der Waals surface area contributed by atoms with Crippen molar-refractivity contribution in [3.05, 3.63) is 54.1 Å². The minimum absolute atomic E-state index is 0.104. The number of nitrogens with one attached hydrogen (secondary N) is 2. The summed E-state index contributed by atoms with van der Waals surface area (Å²) in [5.74, 6) is 0.00217.